The number of nitrogens with one attached hydrogen (secondary N) is 2. The number of rotatable bonds is 2. The van der Waals surface area contributed by atoms with Gasteiger partial charge in [0.2, 0.25) is 5.95 Å². The maximum absolute atomic E-state index is 4.81. The van der Waals surface area contributed by atoms with Gasteiger partial charge < -0.3 is 10.3 Å². The molecule has 8 heteroatoms. The Kier molecular flexibility index (Phi) is 2.80. The Morgan fingerprint density at radius 3 is 2.96 bits per heavy atom. The van der Waals surface area contributed by atoms with Crippen LogP contribution in [0.15, 0.2) is 30.5 Å². The Hall–Kier alpha value is -3.00. The predicted octanol–water partition coefficient (Wildman–Crippen LogP) is 1.19. The number of aryl methyl sites for hydroxylation is 1. The van der Waals surface area contributed by atoms with Crippen molar-refractivity contribution in [1.82, 2.24) is 40.1 Å². The summed E-state index contributed by atoms with van der Waals surface area (Å²) in [5, 5.41) is 16.5. The lowest BCUT2D eigenvalue weighted by molar-refractivity contribution is 0.618. The van der Waals surface area contributed by atoms with Crippen molar-refractivity contribution in [3.63, 3.8) is 0 Å². The highest BCUT2D eigenvalue weighted by Crippen LogP contribution is 2.28. The molecule has 1 aliphatic heterocycles. The highest BCUT2D eigenvalue weighted by Gasteiger charge is 2.25. The molecule has 120 valence electrons. The fourth-order valence-electron chi connectivity index (χ4n) is 3.22. The van der Waals surface area contributed by atoms with E-state index in [0.29, 0.717) is 0 Å². The first-order chi connectivity index (χ1) is 11.8. The van der Waals surface area contributed by atoms with Crippen molar-refractivity contribution < 1.29 is 0 Å². The van der Waals surface area contributed by atoms with Crippen LogP contribution in [0, 0.1) is 0 Å². The van der Waals surface area contributed by atoms with Gasteiger partial charge in [-0.1, -0.05) is 17.3 Å². The molecule has 2 N–H and O–H groups in total. The molecule has 4 aromatic rings. The molecule has 0 saturated carbocycles. The zero-order valence-electron chi connectivity index (χ0n) is 13.2. The first-order valence-electron chi connectivity index (χ1n) is 7.93. The van der Waals surface area contributed by atoms with Crippen molar-refractivity contribution >= 4 is 11.0 Å². The van der Waals surface area contributed by atoms with Gasteiger partial charge in [-0.2, -0.15) is 5.10 Å². The standard InChI is InChI=1S/C16H16N8/c1-23-9-13(20-22-23)15-10-8-17-7-6-14(10)24(21-15)16-18-11-4-2-3-5-12(11)19-16/h2-5,9,17H,6-8H2,1H3,(H,18,19). The molecular weight excluding hydrogens is 304 g/mol. The number of aromatic nitrogens is 7. The van der Waals surface area contributed by atoms with Crippen LogP contribution in [0.5, 0.6) is 0 Å². The molecule has 8 nitrogen and oxygen atoms in total. The summed E-state index contributed by atoms with van der Waals surface area (Å²) in [5.74, 6) is 0.740. The van der Waals surface area contributed by atoms with Gasteiger partial charge in [0.1, 0.15) is 11.4 Å². The zero-order valence-corrected chi connectivity index (χ0v) is 13.2. The van der Waals surface area contributed by atoms with Gasteiger partial charge in [0, 0.05) is 32.1 Å². The second kappa shape index (κ2) is 5.00. The summed E-state index contributed by atoms with van der Waals surface area (Å²) < 4.78 is 3.61. The second-order valence-corrected chi connectivity index (χ2v) is 5.97. The first-order valence-corrected chi connectivity index (χ1v) is 7.93. The lowest BCUT2D eigenvalue weighted by Crippen LogP contribution is -2.24. The van der Waals surface area contributed by atoms with E-state index in [2.05, 4.69) is 25.6 Å². The number of hydrogen-bond acceptors (Lipinski definition) is 5. The Bertz CT molecular complexity index is 1000. The van der Waals surface area contributed by atoms with E-state index in [1.54, 1.807) is 4.68 Å². The largest absolute Gasteiger partial charge is 0.322 e. The molecule has 3 aromatic heterocycles. The van der Waals surface area contributed by atoms with Crippen LogP contribution in [-0.2, 0) is 20.0 Å². The van der Waals surface area contributed by atoms with Crippen LogP contribution in [0.2, 0.25) is 0 Å². The second-order valence-electron chi connectivity index (χ2n) is 5.97. The Morgan fingerprint density at radius 1 is 1.21 bits per heavy atom. The molecule has 0 unspecified atom stereocenters. The quantitative estimate of drug-likeness (QED) is 0.579. The number of nitrogens with zero attached hydrogens (tertiary/aromatic N) is 6. The number of fused-ring (bicyclic) bond motifs is 2. The summed E-state index contributed by atoms with van der Waals surface area (Å²) in [6.45, 7) is 1.71. The molecule has 1 aromatic carbocycles. The highest BCUT2D eigenvalue weighted by molar-refractivity contribution is 5.76. The third-order valence-corrected chi connectivity index (χ3v) is 4.35. The number of imidazole rings is 1. The fraction of sp³-hybridized carbons (Fsp3) is 0.250. The van der Waals surface area contributed by atoms with E-state index in [1.807, 2.05) is 42.2 Å². The maximum atomic E-state index is 4.81. The van der Waals surface area contributed by atoms with Gasteiger partial charge in [0.25, 0.3) is 0 Å². The minimum Gasteiger partial charge on any atom is -0.322 e. The molecule has 0 saturated heterocycles. The number of aromatic amines is 1. The van der Waals surface area contributed by atoms with E-state index < -0.39 is 0 Å². The molecule has 0 fully saturated rings. The highest BCUT2D eigenvalue weighted by atomic mass is 15.4. The SMILES string of the molecule is Cn1cc(-c2nn(-c3nc4ccccc4[nH]3)c3c2CNCC3)nn1. The predicted molar refractivity (Wildman–Crippen MR) is 88.6 cm³/mol. The van der Waals surface area contributed by atoms with E-state index in [4.69, 9.17) is 5.10 Å². The number of H-pyrrole nitrogens is 1. The smallest absolute Gasteiger partial charge is 0.229 e. The topological polar surface area (TPSA) is 89.2 Å². The molecule has 0 bridgehead atoms. The average molecular weight is 320 g/mol. The van der Waals surface area contributed by atoms with Gasteiger partial charge in [-0.15, -0.1) is 5.10 Å². The minimum absolute atomic E-state index is 0.740. The number of benzene rings is 1. The summed E-state index contributed by atoms with van der Waals surface area (Å²) >= 11 is 0. The van der Waals surface area contributed by atoms with Crippen LogP contribution in [-0.4, -0.2) is 41.3 Å². The van der Waals surface area contributed by atoms with E-state index in [9.17, 15) is 0 Å². The molecule has 0 spiro atoms. The summed E-state index contributed by atoms with van der Waals surface area (Å²) in [5.41, 5.74) is 5.94. The van der Waals surface area contributed by atoms with Crippen molar-refractivity contribution in [2.75, 3.05) is 6.54 Å². The van der Waals surface area contributed by atoms with E-state index in [0.717, 1.165) is 47.9 Å². The molecular formula is C16H16N8. The van der Waals surface area contributed by atoms with Crippen molar-refractivity contribution in [3.8, 4) is 17.3 Å². The van der Waals surface area contributed by atoms with E-state index in [1.165, 1.54) is 11.3 Å². The van der Waals surface area contributed by atoms with Gasteiger partial charge in [-0.05, 0) is 12.1 Å². The summed E-state index contributed by atoms with van der Waals surface area (Å²) in [6, 6.07) is 8.00. The summed E-state index contributed by atoms with van der Waals surface area (Å²) in [4.78, 5) is 8.05. The molecule has 24 heavy (non-hydrogen) atoms. The Morgan fingerprint density at radius 2 is 2.12 bits per heavy atom. The molecule has 4 heterocycles. The third-order valence-electron chi connectivity index (χ3n) is 4.35. The lowest BCUT2D eigenvalue weighted by atomic mass is 10.1. The van der Waals surface area contributed by atoms with Gasteiger partial charge in [-0.25, -0.2) is 9.67 Å². The minimum atomic E-state index is 0.740. The average Bonchev–Trinajstić information content (AvgIpc) is 3.30. The molecule has 0 aliphatic carbocycles. The van der Waals surface area contributed by atoms with Gasteiger partial charge >= 0.3 is 0 Å². The lowest BCUT2D eigenvalue weighted by Gasteiger charge is -2.14. The number of para-hydroxylation sites is 2. The molecule has 1 aliphatic rings. The molecule has 0 radical (unpaired) electrons. The third kappa shape index (κ3) is 1.96. The molecule has 0 amide bonds. The van der Waals surface area contributed by atoms with E-state index in [-0.39, 0.29) is 0 Å². The zero-order chi connectivity index (χ0) is 16.1. The normalized spacial score (nSPS) is 14.2. The van der Waals surface area contributed by atoms with Crippen molar-refractivity contribution in [2.24, 2.45) is 7.05 Å². The van der Waals surface area contributed by atoms with Crippen LogP contribution in [0.4, 0.5) is 0 Å². The first kappa shape index (κ1) is 13.4. The summed E-state index contributed by atoms with van der Waals surface area (Å²) in [7, 11) is 1.86. The van der Waals surface area contributed by atoms with Crippen LogP contribution in [0.1, 0.15) is 11.3 Å². The Balaban J connectivity index is 1.72. The van der Waals surface area contributed by atoms with Crippen LogP contribution < -0.4 is 5.32 Å². The van der Waals surface area contributed by atoms with Gasteiger partial charge in [0.15, 0.2) is 0 Å². The van der Waals surface area contributed by atoms with Crippen LogP contribution in [0.3, 0.4) is 0 Å². The van der Waals surface area contributed by atoms with Gasteiger partial charge in [-0.3, -0.25) is 4.68 Å². The van der Waals surface area contributed by atoms with Gasteiger partial charge in [0.05, 0.1) is 22.9 Å². The molecule has 0 atom stereocenters. The van der Waals surface area contributed by atoms with Crippen LogP contribution in [0.25, 0.3) is 28.4 Å². The van der Waals surface area contributed by atoms with E-state index >= 15 is 0 Å². The summed E-state index contributed by atoms with van der Waals surface area (Å²) in [6.07, 6.45) is 2.79. The van der Waals surface area contributed by atoms with Crippen molar-refractivity contribution in [3.05, 3.63) is 41.7 Å². The van der Waals surface area contributed by atoms with Crippen LogP contribution >= 0.6 is 0 Å². The monoisotopic (exact) mass is 320 g/mol. The van der Waals surface area contributed by atoms with Crippen molar-refractivity contribution in [1.29, 1.82) is 0 Å². The Labute approximate surface area is 137 Å². The molecule has 5 rings (SSSR count). The number of hydrogen-bond donors (Lipinski definition) is 2. The fourth-order valence-corrected chi connectivity index (χ4v) is 3.22. The van der Waals surface area contributed by atoms with Crippen molar-refractivity contribution in [2.45, 2.75) is 13.0 Å². The maximum Gasteiger partial charge on any atom is 0.229 e.